The summed E-state index contributed by atoms with van der Waals surface area (Å²) in [6, 6.07) is 24.7. The lowest BCUT2D eigenvalue weighted by atomic mass is 9.92. The Hall–Kier alpha value is -4.45. The SMILES string of the molecule is C#C[C@@]1(OC(=O)c2ccccc2)[C@@H](COC(=O)c2ccccc2)OC(OC)[C@@H]1OC(=O)c1ccccc1. The van der Waals surface area contributed by atoms with Crippen molar-refractivity contribution in [3.05, 3.63) is 108 Å². The van der Waals surface area contributed by atoms with Gasteiger partial charge < -0.3 is 23.7 Å². The molecule has 1 saturated heterocycles. The maximum atomic E-state index is 13.1. The van der Waals surface area contributed by atoms with Gasteiger partial charge in [-0.2, -0.15) is 0 Å². The summed E-state index contributed by atoms with van der Waals surface area (Å²) in [6.07, 6.45) is 2.13. The molecule has 0 radical (unpaired) electrons. The van der Waals surface area contributed by atoms with Gasteiger partial charge in [0.2, 0.25) is 11.7 Å². The third kappa shape index (κ3) is 5.54. The van der Waals surface area contributed by atoms with Gasteiger partial charge in [-0.25, -0.2) is 14.4 Å². The molecule has 3 aromatic carbocycles. The van der Waals surface area contributed by atoms with Gasteiger partial charge in [-0.3, -0.25) is 0 Å². The topological polar surface area (TPSA) is 97.4 Å². The van der Waals surface area contributed by atoms with Crippen molar-refractivity contribution in [1.82, 2.24) is 0 Å². The number of carbonyl (C=O) groups is 3. The smallest absolute Gasteiger partial charge is 0.339 e. The molecule has 0 amide bonds. The highest BCUT2D eigenvalue weighted by Crippen LogP contribution is 2.38. The molecule has 37 heavy (non-hydrogen) atoms. The molecule has 4 rings (SSSR count). The van der Waals surface area contributed by atoms with Crippen LogP contribution in [0.2, 0.25) is 0 Å². The Morgan fingerprint density at radius 2 is 1.30 bits per heavy atom. The van der Waals surface area contributed by atoms with E-state index in [1.807, 2.05) is 0 Å². The van der Waals surface area contributed by atoms with Crippen LogP contribution in [0.15, 0.2) is 91.0 Å². The molecule has 0 aliphatic carbocycles. The summed E-state index contributed by atoms with van der Waals surface area (Å²) in [6.45, 7) is -0.404. The van der Waals surface area contributed by atoms with Gasteiger partial charge in [0, 0.05) is 7.11 Å². The van der Waals surface area contributed by atoms with Gasteiger partial charge in [0.15, 0.2) is 12.4 Å². The normalized spacial score (nSPS) is 22.4. The zero-order valence-electron chi connectivity index (χ0n) is 19.9. The Morgan fingerprint density at radius 3 is 1.78 bits per heavy atom. The van der Waals surface area contributed by atoms with Crippen LogP contribution < -0.4 is 0 Å². The molecule has 4 atom stereocenters. The Labute approximate surface area is 214 Å². The van der Waals surface area contributed by atoms with E-state index in [0.717, 1.165) is 0 Å². The second kappa shape index (κ2) is 11.5. The summed E-state index contributed by atoms with van der Waals surface area (Å²) in [5.41, 5.74) is -1.21. The lowest BCUT2D eigenvalue weighted by Crippen LogP contribution is -2.54. The van der Waals surface area contributed by atoms with Gasteiger partial charge in [-0.05, 0) is 36.4 Å². The second-order valence-electron chi connectivity index (χ2n) is 8.08. The van der Waals surface area contributed by atoms with Crippen molar-refractivity contribution in [2.45, 2.75) is 24.1 Å². The molecule has 188 valence electrons. The van der Waals surface area contributed by atoms with Gasteiger partial charge in [0.05, 0.1) is 16.7 Å². The molecule has 1 heterocycles. The Morgan fingerprint density at radius 1 is 0.811 bits per heavy atom. The number of hydrogen-bond donors (Lipinski definition) is 0. The van der Waals surface area contributed by atoms with Crippen molar-refractivity contribution < 1.29 is 38.1 Å². The van der Waals surface area contributed by atoms with Crippen LogP contribution in [-0.4, -0.2) is 55.7 Å². The van der Waals surface area contributed by atoms with Gasteiger partial charge >= 0.3 is 17.9 Å². The molecular formula is C29H24O8. The Bertz CT molecular complexity index is 1270. The Balaban J connectivity index is 1.65. The zero-order valence-corrected chi connectivity index (χ0v) is 19.9. The highest BCUT2D eigenvalue weighted by molar-refractivity contribution is 5.91. The first-order chi connectivity index (χ1) is 18.0. The summed E-state index contributed by atoms with van der Waals surface area (Å²) in [5, 5.41) is 0. The number of esters is 3. The molecule has 0 spiro atoms. The predicted molar refractivity (Wildman–Crippen MR) is 131 cm³/mol. The third-order valence-corrected chi connectivity index (χ3v) is 5.79. The molecule has 0 N–H and O–H groups in total. The first kappa shape index (κ1) is 25.6. The van der Waals surface area contributed by atoms with E-state index in [4.69, 9.17) is 30.1 Å². The van der Waals surface area contributed by atoms with Crippen LogP contribution >= 0.6 is 0 Å². The van der Waals surface area contributed by atoms with Crippen LogP contribution in [0.3, 0.4) is 0 Å². The summed E-state index contributed by atoms with van der Waals surface area (Å²) < 4.78 is 28.3. The number of carbonyl (C=O) groups excluding carboxylic acids is 3. The number of ether oxygens (including phenoxy) is 5. The van der Waals surface area contributed by atoms with Gasteiger partial charge in [-0.15, -0.1) is 6.42 Å². The number of hydrogen-bond acceptors (Lipinski definition) is 8. The fourth-order valence-corrected chi connectivity index (χ4v) is 3.89. The second-order valence-corrected chi connectivity index (χ2v) is 8.08. The van der Waals surface area contributed by atoms with E-state index in [2.05, 4.69) is 5.92 Å². The number of terminal acetylenes is 1. The zero-order chi connectivity index (χ0) is 26.3. The molecule has 0 bridgehead atoms. The summed E-state index contributed by atoms with van der Waals surface area (Å²) >= 11 is 0. The largest absolute Gasteiger partial charge is 0.459 e. The third-order valence-electron chi connectivity index (χ3n) is 5.79. The quantitative estimate of drug-likeness (QED) is 0.263. The van der Waals surface area contributed by atoms with Crippen molar-refractivity contribution in [3.63, 3.8) is 0 Å². The lowest BCUT2D eigenvalue weighted by Gasteiger charge is -2.32. The van der Waals surface area contributed by atoms with Crippen LogP contribution in [0, 0.1) is 12.3 Å². The van der Waals surface area contributed by atoms with E-state index in [1.165, 1.54) is 7.11 Å². The standard InChI is InChI=1S/C29H24O8/c1-3-29(37-27(32)22-17-11-6-12-18-22)23(19-34-25(30)20-13-7-4-8-14-20)35-28(33-2)24(29)36-26(31)21-15-9-5-10-16-21/h1,4-18,23-24,28H,19H2,2H3/t23-,24+,28?,29-/m1/s1. The van der Waals surface area contributed by atoms with Crippen LogP contribution in [0.1, 0.15) is 31.1 Å². The monoisotopic (exact) mass is 500 g/mol. The minimum atomic E-state index is -1.98. The average molecular weight is 501 g/mol. The van der Waals surface area contributed by atoms with Crippen LogP contribution in [-0.2, 0) is 23.7 Å². The minimum absolute atomic E-state index is 0.214. The van der Waals surface area contributed by atoms with E-state index in [9.17, 15) is 14.4 Å². The molecule has 8 heteroatoms. The molecule has 0 aromatic heterocycles. The molecule has 8 nitrogen and oxygen atoms in total. The van der Waals surface area contributed by atoms with Crippen LogP contribution in [0.4, 0.5) is 0 Å². The molecule has 0 saturated carbocycles. The van der Waals surface area contributed by atoms with Crippen LogP contribution in [0.25, 0.3) is 0 Å². The molecular weight excluding hydrogens is 476 g/mol. The van der Waals surface area contributed by atoms with E-state index in [-0.39, 0.29) is 11.1 Å². The first-order valence-corrected chi connectivity index (χ1v) is 11.4. The van der Waals surface area contributed by atoms with E-state index < -0.39 is 48.6 Å². The van der Waals surface area contributed by atoms with E-state index in [1.54, 1.807) is 91.0 Å². The molecule has 1 aliphatic rings. The van der Waals surface area contributed by atoms with Gasteiger partial charge in [-0.1, -0.05) is 60.5 Å². The Kier molecular flexibility index (Phi) is 7.98. The number of methoxy groups -OCH3 is 1. The van der Waals surface area contributed by atoms with Crippen molar-refractivity contribution in [3.8, 4) is 12.3 Å². The molecule has 1 unspecified atom stereocenters. The van der Waals surface area contributed by atoms with Gasteiger partial charge in [0.1, 0.15) is 6.61 Å². The van der Waals surface area contributed by atoms with Crippen molar-refractivity contribution in [2.24, 2.45) is 0 Å². The predicted octanol–water partition coefficient (Wildman–Crippen LogP) is 3.67. The van der Waals surface area contributed by atoms with E-state index >= 15 is 0 Å². The minimum Gasteiger partial charge on any atom is -0.459 e. The fourth-order valence-electron chi connectivity index (χ4n) is 3.89. The maximum absolute atomic E-state index is 13.1. The molecule has 1 fully saturated rings. The van der Waals surface area contributed by atoms with Gasteiger partial charge in [0.25, 0.3) is 0 Å². The number of benzene rings is 3. The van der Waals surface area contributed by atoms with Crippen molar-refractivity contribution in [1.29, 1.82) is 0 Å². The van der Waals surface area contributed by atoms with Crippen molar-refractivity contribution >= 4 is 17.9 Å². The summed E-state index contributed by atoms with van der Waals surface area (Å²) in [5.74, 6) is 0.304. The lowest BCUT2D eigenvalue weighted by molar-refractivity contribution is -0.155. The molecule has 3 aromatic rings. The summed E-state index contributed by atoms with van der Waals surface area (Å²) in [4.78, 5) is 38.6. The fraction of sp³-hybridized carbons (Fsp3) is 0.207. The van der Waals surface area contributed by atoms with E-state index in [0.29, 0.717) is 5.56 Å². The van der Waals surface area contributed by atoms with Crippen molar-refractivity contribution in [2.75, 3.05) is 13.7 Å². The maximum Gasteiger partial charge on any atom is 0.339 e. The van der Waals surface area contributed by atoms with Crippen LogP contribution in [0.5, 0.6) is 0 Å². The highest BCUT2D eigenvalue weighted by Gasteiger charge is 2.62. The average Bonchev–Trinajstić information content (AvgIpc) is 3.24. The number of rotatable bonds is 8. The first-order valence-electron chi connectivity index (χ1n) is 11.4. The highest BCUT2D eigenvalue weighted by atomic mass is 16.7. The molecule has 1 aliphatic heterocycles. The summed E-state index contributed by atoms with van der Waals surface area (Å²) in [7, 11) is 1.33.